The van der Waals surface area contributed by atoms with Crippen LogP contribution >= 0.6 is 34.9 Å². The van der Waals surface area contributed by atoms with Gasteiger partial charge in [0, 0.05) is 18.8 Å². The van der Waals surface area contributed by atoms with Crippen LogP contribution in [0.2, 0.25) is 0 Å². The van der Waals surface area contributed by atoms with E-state index in [0.717, 1.165) is 34.9 Å². The van der Waals surface area contributed by atoms with Crippen molar-refractivity contribution in [2.24, 2.45) is 7.05 Å². The summed E-state index contributed by atoms with van der Waals surface area (Å²) in [7, 11) is 1.86. The molecule has 0 unspecified atom stereocenters. The highest BCUT2D eigenvalue weighted by Gasteiger charge is 2.10. The molecule has 3 aromatic heterocycles. The fraction of sp³-hybridized carbons (Fsp3) is 0.278. The number of aryl methyl sites for hydroxylation is 1. The van der Waals surface area contributed by atoms with Crippen molar-refractivity contribution in [3.8, 4) is 0 Å². The van der Waals surface area contributed by atoms with E-state index in [1.54, 1.807) is 11.3 Å². The van der Waals surface area contributed by atoms with Crippen LogP contribution in [-0.2, 0) is 24.7 Å². The minimum atomic E-state index is -0.0276. The van der Waals surface area contributed by atoms with Crippen molar-refractivity contribution in [1.82, 2.24) is 24.7 Å². The van der Waals surface area contributed by atoms with Gasteiger partial charge in [0.15, 0.2) is 9.90 Å². The van der Waals surface area contributed by atoms with Gasteiger partial charge in [-0.3, -0.25) is 9.89 Å². The molecule has 0 aliphatic rings. The Morgan fingerprint density at radius 1 is 1.32 bits per heavy atom. The number of para-hydroxylation sites is 1. The SMILES string of the molecule is Cn1c(Cc2csc(NC(=O)CCCc3nc4ccccc4s3)n2)n[nH]c1=S. The van der Waals surface area contributed by atoms with Gasteiger partial charge in [-0.1, -0.05) is 12.1 Å². The van der Waals surface area contributed by atoms with E-state index in [0.29, 0.717) is 22.7 Å². The van der Waals surface area contributed by atoms with Crippen molar-refractivity contribution in [1.29, 1.82) is 0 Å². The monoisotopic (exact) mass is 430 g/mol. The molecule has 0 saturated heterocycles. The Morgan fingerprint density at radius 2 is 2.18 bits per heavy atom. The maximum absolute atomic E-state index is 12.2. The lowest BCUT2D eigenvalue weighted by Gasteiger charge is -2.01. The first kappa shape index (κ1) is 18.9. The molecular formula is C18H18N6OS3. The first-order chi connectivity index (χ1) is 13.6. The number of thiazole rings is 2. The van der Waals surface area contributed by atoms with Crippen LogP contribution in [0, 0.1) is 4.77 Å². The number of amides is 1. The Morgan fingerprint density at radius 3 is 2.96 bits per heavy atom. The molecule has 7 nitrogen and oxygen atoms in total. The molecule has 0 aliphatic heterocycles. The Balaban J connectivity index is 1.27. The first-order valence-corrected chi connectivity index (χ1v) is 10.9. The van der Waals surface area contributed by atoms with Crippen LogP contribution in [0.1, 0.15) is 29.4 Å². The molecule has 0 bridgehead atoms. The number of H-pyrrole nitrogens is 1. The maximum Gasteiger partial charge on any atom is 0.226 e. The summed E-state index contributed by atoms with van der Waals surface area (Å²) in [4.78, 5) is 21.3. The Hall–Kier alpha value is -2.43. The van der Waals surface area contributed by atoms with Crippen LogP contribution in [-0.4, -0.2) is 30.6 Å². The Kier molecular flexibility index (Phi) is 5.60. The van der Waals surface area contributed by atoms with Gasteiger partial charge in [0.25, 0.3) is 0 Å². The fourth-order valence-corrected chi connectivity index (χ4v) is 4.64. The average molecular weight is 431 g/mol. The molecule has 28 heavy (non-hydrogen) atoms. The van der Waals surface area contributed by atoms with Crippen LogP contribution in [0.25, 0.3) is 10.2 Å². The van der Waals surface area contributed by atoms with Crippen LogP contribution in [0.15, 0.2) is 29.6 Å². The molecule has 1 aromatic carbocycles. The lowest BCUT2D eigenvalue weighted by Crippen LogP contribution is -2.11. The summed E-state index contributed by atoms with van der Waals surface area (Å²) in [5.41, 5.74) is 1.88. The number of hydrogen-bond donors (Lipinski definition) is 2. The van der Waals surface area contributed by atoms with Crippen molar-refractivity contribution >= 4 is 56.1 Å². The number of fused-ring (bicyclic) bond motifs is 1. The van der Waals surface area contributed by atoms with E-state index in [-0.39, 0.29) is 5.91 Å². The lowest BCUT2D eigenvalue weighted by atomic mass is 10.2. The van der Waals surface area contributed by atoms with E-state index in [4.69, 9.17) is 12.2 Å². The molecular weight excluding hydrogens is 412 g/mol. The summed E-state index contributed by atoms with van der Waals surface area (Å²) in [5, 5.41) is 13.4. The van der Waals surface area contributed by atoms with Gasteiger partial charge in [0.05, 0.1) is 27.3 Å². The number of benzene rings is 1. The van der Waals surface area contributed by atoms with Gasteiger partial charge in [0.2, 0.25) is 5.91 Å². The van der Waals surface area contributed by atoms with Crippen molar-refractivity contribution in [3.63, 3.8) is 0 Å². The Bertz CT molecular complexity index is 1140. The molecule has 4 aromatic rings. The summed E-state index contributed by atoms with van der Waals surface area (Å²) in [6.45, 7) is 0. The highest BCUT2D eigenvalue weighted by Crippen LogP contribution is 2.23. The topological polar surface area (TPSA) is 88.5 Å². The molecule has 10 heteroatoms. The van der Waals surface area contributed by atoms with Crippen molar-refractivity contribution in [2.45, 2.75) is 25.7 Å². The normalized spacial score (nSPS) is 11.2. The fourth-order valence-electron chi connectivity index (χ4n) is 2.75. The lowest BCUT2D eigenvalue weighted by molar-refractivity contribution is -0.116. The van der Waals surface area contributed by atoms with E-state index < -0.39 is 0 Å². The molecule has 0 fully saturated rings. The van der Waals surface area contributed by atoms with Gasteiger partial charge in [-0.15, -0.1) is 22.7 Å². The predicted molar refractivity (Wildman–Crippen MR) is 115 cm³/mol. The summed E-state index contributed by atoms with van der Waals surface area (Å²) >= 11 is 8.22. The summed E-state index contributed by atoms with van der Waals surface area (Å²) in [6.07, 6.45) is 2.57. The molecule has 0 spiro atoms. The third kappa shape index (κ3) is 4.34. The van der Waals surface area contributed by atoms with Crippen molar-refractivity contribution in [3.05, 3.63) is 50.9 Å². The van der Waals surface area contributed by atoms with Gasteiger partial charge in [0.1, 0.15) is 5.82 Å². The van der Waals surface area contributed by atoms with Gasteiger partial charge < -0.3 is 9.88 Å². The van der Waals surface area contributed by atoms with Crippen LogP contribution in [0.4, 0.5) is 5.13 Å². The standard InChI is InChI=1S/C18H18N6OS3/c1-24-14(22-23-18(24)26)9-11-10-27-17(19-11)21-15(25)7-4-8-16-20-12-5-2-3-6-13(12)28-16/h2-3,5-6,10H,4,7-9H2,1H3,(H,23,26)(H,19,21,25). The number of nitrogens with one attached hydrogen (secondary N) is 2. The number of nitrogens with zero attached hydrogens (tertiary/aromatic N) is 4. The largest absolute Gasteiger partial charge is 0.307 e. The predicted octanol–water partition coefficient (Wildman–Crippen LogP) is 4.10. The number of rotatable bonds is 7. The maximum atomic E-state index is 12.2. The van der Waals surface area contributed by atoms with E-state index in [2.05, 4.69) is 31.5 Å². The zero-order valence-corrected chi connectivity index (χ0v) is 17.6. The third-order valence-corrected chi connectivity index (χ3v) is 6.51. The van der Waals surface area contributed by atoms with E-state index in [1.165, 1.54) is 16.0 Å². The van der Waals surface area contributed by atoms with E-state index >= 15 is 0 Å². The molecule has 2 N–H and O–H groups in total. The first-order valence-electron chi connectivity index (χ1n) is 8.77. The zero-order valence-electron chi connectivity index (χ0n) is 15.1. The summed E-state index contributed by atoms with van der Waals surface area (Å²) in [5.74, 6) is 0.782. The second kappa shape index (κ2) is 8.29. The summed E-state index contributed by atoms with van der Waals surface area (Å²) < 4.78 is 3.58. The molecule has 0 radical (unpaired) electrons. The zero-order chi connectivity index (χ0) is 19.5. The second-order valence-corrected chi connectivity index (χ2v) is 8.66. The minimum absolute atomic E-state index is 0.0276. The van der Waals surface area contributed by atoms with Gasteiger partial charge >= 0.3 is 0 Å². The minimum Gasteiger partial charge on any atom is -0.307 e. The van der Waals surface area contributed by atoms with E-state index in [9.17, 15) is 4.79 Å². The Labute approximate surface area is 174 Å². The quantitative estimate of drug-likeness (QED) is 0.431. The highest BCUT2D eigenvalue weighted by molar-refractivity contribution is 7.71. The smallest absolute Gasteiger partial charge is 0.226 e. The number of anilines is 1. The van der Waals surface area contributed by atoms with E-state index in [1.807, 2.05) is 35.2 Å². The molecule has 144 valence electrons. The molecule has 3 heterocycles. The average Bonchev–Trinajstić information content (AvgIpc) is 3.37. The molecule has 0 saturated carbocycles. The molecule has 1 amide bonds. The highest BCUT2D eigenvalue weighted by atomic mass is 32.1. The third-order valence-electron chi connectivity index (χ3n) is 4.24. The van der Waals surface area contributed by atoms with Crippen molar-refractivity contribution < 1.29 is 4.79 Å². The second-order valence-electron chi connectivity index (χ2n) is 6.30. The van der Waals surface area contributed by atoms with Crippen LogP contribution < -0.4 is 5.32 Å². The molecule has 4 rings (SSSR count). The molecule has 0 aliphatic carbocycles. The summed E-state index contributed by atoms with van der Waals surface area (Å²) in [6, 6.07) is 8.09. The van der Waals surface area contributed by atoms with Crippen molar-refractivity contribution in [2.75, 3.05) is 5.32 Å². The number of carbonyl (C=O) groups is 1. The number of aromatic nitrogens is 5. The number of hydrogen-bond acceptors (Lipinski definition) is 7. The van der Waals surface area contributed by atoms with Gasteiger partial charge in [-0.2, -0.15) is 5.10 Å². The molecule has 0 atom stereocenters. The number of carbonyl (C=O) groups excluding carboxylic acids is 1. The van der Waals surface area contributed by atoms with Gasteiger partial charge in [-0.05, 0) is 37.2 Å². The van der Waals surface area contributed by atoms with Crippen LogP contribution in [0.3, 0.4) is 0 Å². The van der Waals surface area contributed by atoms with Crippen LogP contribution in [0.5, 0.6) is 0 Å². The number of aromatic amines is 1. The van der Waals surface area contributed by atoms with Gasteiger partial charge in [-0.25, -0.2) is 9.97 Å².